The molecule has 2 aromatic rings. The van der Waals surface area contributed by atoms with E-state index in [1.165, 1.54) is 35.1 Å². The summed E-state index contributed by atoms with van der Waals surface area (Å²) in [6.07, 6.45) is 7.50. The summed E-state index contributed by atoms with van der Waals surface area (Å²) in [4.78, 5) is 0. The lowest BCUT2D eigenvalue weighted by Gasteiger charge is -2.26. The zero-order chi connectivity index (χ0) is 24.9. The quantitative estimate of drug-likeness (QED) is 0.390. The van der Waals surface area contributed by atoms with Crippen molar-refractivity contribution in [3.63, 3.8) is 0 Å². The minimum Gasteiger partial charge on any atom is -0.0652 e. The van der Waals surface area contributed by atoms with Crippen molar-refractivity contribution in [3.05, 3.63) is 79.9 Å². The van der Waals surface area contributed by atoms with E-state index in [2.05, 4.69) is 106 Å². The fraction of sp³-hybridized carbons (Fsp3) is 0.529. The second-order valence-corrected chi connectivity index (χ2v) is 12.2. The molecule has 0 heterocycles. The smallest absolute Gasteiger partial charge is 0.00579 e. The second-order valence-electron chi connectivity index (χ2n) is 12.2. The molecule has 2 aliphatic rings. The van der Waals surface area contributed by atoms with E-state index in [0.717, 1.165) is 0 Å². The topological polar surface area (TPSA) is 0 Å². The molecular formula is C34H46. The van der Waals surface area contributed by atoms with Gasteiger partial charge in [-0.25, -0.2) is 0 Å². The Bertz CT molecular complexity index is 1040. The van der Waals surface area contributed by atoms with Crippen molar-refractivity contribution in [1.29, 1.82) is 0 Å². The van der Waals surface area contributed by atoms with Gasteiger partial charge in [-0.3, -0.25) is 0 Å². The molecule has 2 aromatic carbocycles. The van der Waals surface area contributed by atoms with E-state index < -0.39 is 0 Å². The van der Waals surface area contributed by atoms with Crippen LogP contribution in [0.1, 0.15) is 162 Å². The number of hydrogen-bond acceptors (Lipinski definition) is 0. The maximum atomic E-state index is 2.52. The lowest BCUT2D eigenvalue weighted by atomic mass is 9.78. The van der Waals surface area contributed by atoms with Crippen LogP contribution in [0.15, 0.2) is 35.4 Å². The Morgan fingerprint density at radius 3 is 1.09 bits per heavy atom. The fourth-order valence-electron chi connectivity index (χ4n) is 6.64. The molecule has 0 saturated carbocycles. The molecule has 0 spiro atoms. The first kappa shape index (κ1) is 25.0. The summed E-state index contributed by atoms with van der Waals surface area (Å²) in [5.41, 5.74) is 15.6. The van der Waals surface area contributed by atoms with E-state index in [-0.39, 0.29) is 0 Å². The Labute approximate surface area is 209 Å². The van der Waals surface area contributed by atoms with Crippen LogP contribution < -0.4 is 0 Å². The van der Waals surface area contributed by atoms with Crippen molar-refractivity contribution in [2.24, 2.45) is 0 Å². The highest BCUT2D eigenvalue weighted by Gasteiger charge is 2.33. The third kappa shape index (κ3) is 4.23. The van der Waals surface area contributed by atoms with Gasteiger partial charge in [-0.05, 0) is 94.9 Å². The summed E-state index contributed by atoms with van der Waals surface area (Å²) in [5, 5.41) is 0. The first-order chi connectivity index (χ1) is 16.0. The van der Waals surface area contributed by atoms with Crippen LogP contribution in [-0.4, -0.2) is 0 Å². The van der Waals surface area contributed by atoms with Gasteiger partial charge in [0, 0.05) is 11.8 Å². The number of hydrogen-bond donors (Lipinski definition) is 0. The van der Waals surface area contributed by atoms with Crippen LogP contribution in [0.3, 0.4) is 0 Å². The van der Waals surface area contributed by atoms with Crippen LogP contribution >= 0.6 is 0 Å². The summed E-state index contributed by atoms with van der Waals surface area (Å²) in [6, 6.07) is 9.65. The molecule has 2 atom stereocenters. The third-order valence-corrected chi connectivity index (χ3v) is 8.48. The standard InChI is InChI=1S/C34H46/c1-19(2)25-11-13-27(21(5)6)33-29(23(9)17-31(25)33)15-16-30-24(10)18-32-26(20(3)4)12-14-28(22(7)8)34(30)32/h11-14,17-22,29-30H,15-16H2,1-10H3. The summed E-state index contributed by atoms with van der Waals surface area (Å²) in [5.74, 6) is 3.36. The molecule has 0 bridgehead atoms. The van der Waals surface area contributed by atoms with Crippen LogP contribution in [0, 0.1) is 0 Å². The number of rotatable bonds is 7. The summed E-state index contributed by atoms with van der Waals surface area (Å²) >= 11 is 0. The van der Waals surface area contributed by atoms with E-state index in [1.54, 1.807) is 33.4 Å². The minimum atomic E-state index is 0.554. The zero-order valence-electron chi connectivity index (χ0n) is 23.3. The predicted octanol–water partition coefficient (Wildman–Crippen LogP) is 10.7. The van der Waals surface area contributed by atoms with Crippen molar-refractivity contribution in [2.45, 2.75) is 118 Å². The van der Waals surface area contributed by atoms with Crippen LogP contribution in [0.5, 0.6) is 0 Å². The van der Waals surface area contributed by atoms with Gasteiger partial charge in [0.1, 0.15) is 0 Å². The second kappa shape index (κ2) is 9.52. The molecule has 182 valence electrons. The third-order valence-electron chi connectivity index (χ3n) is 8.48. The Morgan fingerprint density at radius 2 is 0.794 bits per heavy atom. The molecular weight excluding hydrogens is 408 g/mol. The largest absolute Gasteiger partial charge is 0.0652 e. The molecule has 0 heteroatoms. The predicted molar refractivity (Wildman–Crippen MR) is 151 cm³/mol. The molecule has 2 aliphatic carbocycles. The van der Waals surface area contributed by atoms with Gasteiger partial charge in [-0.15, -0.1) is 0 Å². The van der Waals surface area contributed by atoms with Crippen molar-refractivity contribution in [3.8, 4) is 0 Å². The van der Waals surface area contributed by atoms with Crippen LogP contribution in [0.2, 0.25) is 0 Å². The minimum absolute atomic E-state index is 0.554. The van der Waals surface area contributed by atoms with Gasteiger partial charge in [0.15, 0.2) is 0 Å². The molecule has 2 unspecified atom stereocenters. The van der Waals surface area contributed by atoms with E-state index in [1.807, 2.05) is 0 Å². The van der Waals surface area contributed by atoms with Crippen LogP contribution in [0.25, 0.3) is 12.2 Å². The number of fused-ring (bicyclic) bond motifs is 2. The average Bonchev–Trinajstić information content (AvgIpc) is 3.25. The molecule has 34 heavy (non-hydrogen) atoms. The highest BCUT2D eigenvalue weighted by molar-refractivity contribution is 5.73. The molecule has 0 aliphatic heterocycles. The highest BCUT2D eigenvalue weighted by Crippen LogP contribution is 2.50. The van der Waals surface area contributed by atoms with Gasteiger partial charge < -0.3 is 0 Å². The molecule has 0 N–H and O–H groups in total. The van der Waals surface area contributed by atoms with Gasteiger partial charge in [0.25, 0.3) is 0 Å². The zero-order valence-corrected chi connectivity index (χ0v) is 23.3. The first-order valence-electron chi connectivity index (χ1n) is 13.7. The van der Waals surface area contributed by atoms with Crippen molar-refractivity contribution >= 4 is 12.2 Å². The molecule has 0 nitrogen and oxygen atoms in total. The number of benzene rings is 2. The Hall–Kier alpha value is -2.08. The monoisotopic (exact) mass is 454 g/mol. The van der Waals surface area contributed by atoms with Crippen molar-refractivity contribution in [2.75, 3.05) is 0 Å². The molecule has 0 amide bonds. The van der Waals surface area contributed by atoms with Crippen LogP contribution in [0.4, 0.5) is 0 Å². The molecule has 4 rings (SSSR count). The van der Waals surface area contributed by atoms with Crippen molar-refractivity contribution < 1.29 is 0 Å². The first-order valence-corrected chi connectivity index (χ1v) is 13.7. The molecule has 0 fully saturated rings. The lowest BCUT2D eigenvalue weighted by Crippen LogP contribution is -2.10. The Kier molecular flexibility index (Phi) is 7.01. The normalized spacial score (nSPS) is 19.4. The fourth-order valence-corrected chi connectivity index (χ4v) is 6.64. The summed E-state index contributed by atoms with van der Waals surface area (Å²) in [7, 11) is 0. The summed E-state index contributed by atoms with van der Waals surface area (Å²) in [6.45, 7) is 23.5. The van der Waals surface area contributed by atoms with Crippen LogP contribution in [-0.2, 0) is 0 Å². The maximum Gasteiger partial charge on any atom is 0.00579 e. The van der Waals surface area contributed by atoms with E-state index >= 15 is 0 Å². The van der Waals surface area contributed by atoms with E-state index in [0.29, 0.717) is 35.5 Å². The van der Waals surface area contributed by atoms with E-state index in [4.69, 9.17) is 0 Å². The Morgan fingerprint density at radius 1 is 0.500 bits per heavy atom. The van der Waals surface area contributed by atoms with Crippen molar-refractivity contribution in [1.82, 2.24) is 0 Å². The van der Waals surface area contributed by atoms with Gasteiger partial charge in [-0.2, -0.15) is 0 Å². The summed E-state index contributed by atoms with van der Waals surface area (Å²) < 4.78 is 0. The average molecular weight is 455 g/mol. The number of allylic oxidation sites excluding steroid dienone is 2. The molecule has 0 aromatic heterocycles. The van der Waals surface area contributed by atoms with Gasteiger partial charge >= 0.3 is 0 Å². The van der Waals surface area contributed by atoms with Gasteiger partial charge in [0.2, 0.25) is 0 Å². The SMILES string of the molecule is CC1=Cc2c(C(C)C)ccc(C(C)C)c2C1CCC1C(C)=Cc2c(C(C)C)ccc(C(C)C)c21. The molecule has 0 saturated heterocycles. The van der Waals surface area contributed by atoms with Gasteiger partial charge in [-0.1, -0.05) is 103 Å². The maximum absolute atomic E-state index is 2.52. The highest BCUT2D eigenvalue weighted by atomic mass is 14.4. The molecule has 0 radical (unpaired) electrons. The van der Waals surface area contributed by atoms with E-state index in [9.17, 15) is 0 Å². The lowest BCUT2D eigenvalue weighted by molar-refractivity contribution is 0.599. The Balaban J connectivity index is 1.72. The van der Waals surface area contributed by atoms with Gasteiger partial charge in [0.05, 0.1) is 0 Å².